The summed E-state index contributed by atoms with van der Waals surface area (Å²) in [5, 5.41) is 1.37. The minimum atomic E-state index is -2.53. The largest absolute Gasteiger partial charge is 0.376 e. The number of benzene rings is 1. The van der Waals surface area contributed by atoms with Gasteiger partial charge < -0.3 is 9.30 Å². The van der Waals surface area contributed by atoms with Gasteiger partial charge in [-0.25, -0.2) is 8.78 Å². The van der Waals surface area contributed by atoms with Gasteiger partial charge in [0.15, 0.2) is 5.78 Å². The normalized spacial score (nSPS) is 22.8. The molecular weight excluding hydrogens is 396 g/mol. The number of nitrogens with zero attached hydrogens (tertiary/aromatic N) is 1. The SMILES string of the molecule is O=C(CCC1CCC(F)(F)CC1)c1cn(CC2CCCCO2)c2cccc(Cl)c12. The molecule has 2 fully saturated rings. The van der Waals surface area contributed by atoms with Crippen molar-refractivity contribution in [1.29, 1.82) is 0 Å². The molecule has 158 valence electrons. The molecule has 1 saturated carbocycles. The Labute approximate surface area is 175 Å². The van der Waals surface area contributed by atoms with Crippen LogP contribution in [-0.4, -0.2) is 29.0 Å². The van der Waals surface area contributed by atoms with Crippen molar-refractivity contribution in [3.63, 3.8) is 0 Å². The molecule has 29 heavy (non-hydrogen) atoms. The number of aromatic nitrogens is 1. The average Bonchev–Trinajstić information content (AvgIpc) is 3.08. The summed E-state index contributed by atoms with van der Waals surface area (Å²) in [6.45, 7) is 1.50. The topological polar surface area (TPSA) is 31.2 Å². The lowest BCUT2D eigenvalue weighted by atomic mass is 9.83. The van der Waals surface area contributed by atoms with E-state index in [9.17, 15) is 13.6 Å². The van der Waals surface area contributed by atoms with E-state index in [1.807, 2.05) is 24.4 Å². The fourth-order valence-electron chi connectivity index (χ4n) is 4.70. The molecule has 1 aliphatic carbocycles. The summed E-state index contributed by atoms with van der Waals surface area (Å²) in [6.07, 6.45) is 7.29. The predicted octanol–water partition coefficient (Wildman–Crippen LogP) is 6.65. The zero-order valence-electron chi connectivity index (χ0n) is 16.6. The monoisotopic (exact) mass is 423 g/mol. The summed E-state index contributed by atoms with van der Waals surface area (Å²) in [4.78, 5) is 13.0. The number of halogens is 3. The quantitative estimate of drug-likeness (QED) is 0.487. The molecule has 1 unspecified atom stereocenters. The maximum Gasteiger partial charge on any atom is 0.248 e. The molecule has 0 amide bonds. The van der Waals surface area contributed by atoms with E-state index in [1.165, 1.54) is 0 Å². The van der Waals surface area contributed by atoms with Gasteiger partial charge in [0.2, 0.25) is 5.92 Å². The number of carbonyl (C=O) groups excluding carboxylic acids is 1. The first-order valence-corrected chi connectivity index (χ1v) is 11.1. The summed E-state index contributed by atoms with van der Waals surface area (Å²) in [6, 6.07) is 5.70. The number of hydrogen-bond acceptors (Lipinski definition) is 2. The van der Waals surface area contributed by atoms with E-state index in [4.69, 9.17) is 16.3 Å². The van der Waals surface area contributed by atoms with Gasteiger partial charge in [0.05, 0.1) is 16.6 Å². The third kappa shape index (κ3) is 4.83. The van der Waals surface area contributed by atoms with Crippen LogP contribution in [0.5, 0.6) is 0 Å². The smallest absolute Gasteiger partial charge is 0.248 e. The molecule has 4 rings (SSSR count). The van der Waals surface area contributed by atoms with E-state index in [0.29, 0.717) is 42.8 Å². The Hall–Kier alpha value is -1.46. The summed E-state index contributed by atoms with van der Waals surface area (Å²) in [5.74, 6) is -2.27. The molecule has 0 N–H and O–H groups in total. The van der Waals surface area contributed by atoms with Gasteiger partial charge >= 0.3 is 0 Å². The fourth-order valence-corrected chi connectivity index (χ4v) is 4.97. The van der Waals surface area contributed by atoms with Crippen LogP contribution < -0.4 is 0 Å². The molecule has 0 spiro atoms. The lowest BCUT2D eigenvalue weighted by molar-refractivity contribution is -0.0464. The van der Waals surface area contributed by atoms with Crippen molar-refractivity contribution in [3.8, 4) is 0 Å². The van der Waals surface area contributed by atoms with Gasteiger partial charge in [-0.3, -0.25) is 4.79 Å². The van der Waals surface area contributed by atoms with Crippen molar-refractivity contribution in [3.05, 3.63) is 35.0 Å². The number of Topliss-reactive ketones (excluding diaryl/α,β-unsaturated/α-hetero) is 1. The van der Waals surface area contributed by atoms with Gasteiger partial charge in [-0.15, -0.1) is 0 Å². The second-order valence-electron chi connectivity index (χ2n) is 8.58. The lowest BCUT2D eigenvalue weighted by Crippen LogP contribution is -2.24. The lowest BCUT2D eigenvalue weighted by Gasteiger charge is -2.27. The van der Waals surface area contributed by atoms with Crippen molar-refractivity contribution in [2.24, 2.45) is 5.92 Å². The summed E-state index contributed by atoms with van der Waals surface area (Å²) < 4.78 is 34.7. The van der Waals surface area contributed by atoms with E-state index >= 15 is 0 Å². The van der Waals surface area contributed by atoms with E-state index in [2.05, 4.69) is 4.57 Å². The third-order valence-corrected chi connectivity index (χ3v) is 6.76. The predicted molar refractivity (Wildman–Crippen MR) is 111 cm³/mol. The zero-order valence-corrected chi connectivity index (χ0v) is 17.4. The van der Waals surface area contributed by atoms with E-state index in [0.717, 1.165) is 36.8 Å². The van der Waals surface area contributed by atoms with Crippen molar-refractivity contribution < 1.29 is 18.3 Å². The minimum Gasteiger partial charge on any atom is -0.376 e. The molecule has 1 aromatic carbocycles. The molecule has 0 radical (unpaired) electrons. The molecule has 2 aromatic rings. The van der Waals surface area contributed by atoms with Gasteiger partial charge in [0.25, 0.3) is 0 Å². The maximum atomic E-state index is 13.4. The fraction of sp³-hybridized carbons (Fsp3) is 0.609. The van der Waals surface area contributed by atoms with Gasteiger partial charge in [-0.2, -0.15) is 0 Å². The number of ketones is 1. The van der Waals surface area contributed by atoms with Crippen LogP contribution >= 0.6 is 11.6 Å². The van der Waals surface area contributed by atoms with Crippen LogP contribution in [-0.2, 0) is 11.3 Å². The summed E-state index contributed by atoms with van der Waals surface area (Å²) in [7, 11) is 0. The molecular formula is C23H28ClF2NO2. The molecule has 1 aliphatic heterocycles. The number of ether oxygens (including phenoxy) is 1. The van der Waals surface area contributed by atoms with Crippen LogP contribution in [0.25, 0.3) is 10.9 Å². The molecule has 0 bridgehead atoms. The minimum absolute atomic E-state index is 0.0451. The van der Waals surface area contributed by atoms with Crippen molar-refractivity contribution >= 4 is 28.3 Å². The summed E-state index contributed by atoms with van der Waals surface area (Å²) in [5.41, 5.74) is 1.59. The first-order valence-electron chi connectivity index (χ1n) is 10.7. The Morgan fingerprint density at radius 1 is 1.21 bits per heavy atom. The number of alkyl halides is 2. The van der Waals surface area contributed by atoms with Crippen molar-refractivity contribution in [1.82, 2.24) is 4.57 Å². The van der Waals surface area contributed by atoms with E-state index in [-0.39, 0.29) is 30.6 Å². The molecule has 1 atom stereocenters. The standard InChI is InChI=1S/C23H28ClF2NO2/c24-19-5-3-6-20-22(19)18(15-27(20)14-17-4-1-2-13-29-17)21(28)8-7-16-9-11-23(25,26)12-10-16/h3,5-6,15-17H,1-2,4,7-14H2. The molecule has 3 nitrogen and oxygen atoms in total. The molecule has 2 heterocycles. The number of rotatable bonds is 6. The highest BCUT2D eigenvalue weighted by atomic mass is 35.5. The van der Waals surface area contributed by atoms with Gasteiger partial charge in [0, 0.05) is 49.6 Å². The Kier molecular flexibility index (Phi) is 6.26. The Morgan fingerprint density at radius 2 is 2.00 bits per heavy atom. The average molecular weight is 424 g/mol. The first kappa shape index (κ1) is 20.8. The van der Waals surface area contributed by atoms with Crippen molar-refractivity contribution in [2.45, 2.75) is 76.4 Å². The van der Waals surface area contributed by atoms with Gasteiger partial charge in [-0.05, 0) is 56.6 Å². The molecule has 6 heteroatoms. The van der Waals surface area contributed by atoms with Crippen molar-refractivity contribution in [2.75, 3.05) is 6.61 Å². The second-order valence-corrected chi connectivity index (χ2v) is 8.99. The van der Waals surface area contributed by atoms with Gasteiger partial charge in [0.1, 0.15) is 0 Å². The van der Waals surface area contributed by atoms with Crippen LogP contribution in [0.1, 0.15) is 68.1 Å². The van der Waals surface area contributed by atoms with Crippen LogP contribution in [0.4, 0.5) is 8.78 Å². The van der Waals surface area contributed by atoms with Gasteiger partial charge in [-0.1, -0.05) is 17.7 Å². The zero-order chi connectivity index (χ0) is 20.4. The second kappa shape index (κ2) is 8.73. The number of hydrogen-bond donors (Lipinski definition) is 0. The number of carbonyl (C=O) groups is 1. The van der Waals surface area contributed by atoms with Crippen LogP contribution in [0.15, 0.2) is 24.4 Å². The van der Waals surface area contributed by atoms with Crippen LogP contribution in [0.2, 0.25) is 5.02 Å². The first-order chi connectivity index (χ1) is 13.9. The molecule has 1 saturated heterocycles. The van der Waals surface area contributed by atoms with Crippen LogP contribution in [0.3, 0.4) is 0 Å². The number of fused-ring (bicyclic) bond motifs is 1. The summed E-state index contributed by atoms with van der Waals surface area (Å²) >= 11 is 6.46. The Balaban J connectivity index is 1.49. The van der Waals surface area contributed by atoms with Crippen LogP contribution in [0, 0.1) is 5.92 Å². The van der Waals surface area contributed by atoms with E-state index in [1.54, 1.807) is 0 Å². The molecule has 2 aliphatic rings. The highest BCUT2D eigenvalue weighted by Gasteiger charge is 2.35. The Bertz CT molecular complexity index is 863. The molecule has 1 aromatic heterocycles. The maximum absolute atomic E-state index is 13.4. The highest BCUT2D eigenvalue weighted by Crippen LogP contribution is 2.38. The Morgan fingerprint density at radius 3 is 2.72 bits per heavy atom. The third-order valence-electron chi connectivity index (χ3n) is 6.45. The highest BCUT2D eigenvalue weighted by molar-refractivity contribution is 6.37. The van der Waals surface area contributed by atoms with E-state index < -0.39 is 5.92 Å².